The largest absolute Gasteiger partial charge is 0.493 e. The average molecular weight is 328 g/mol. The van der Waals surface area contributed by atoms with E-state index in [1.165, 1.54) is 11.1 Å². The lowest BCUT2D eigenvalue weighted by Crippen LogP contribution is -2.07. The summed E-state index contributed by atoms with van der Waals surface area (Å²) in [6.45, 7) is 0.662. The summed E-state index contributed by atoms with van der Waals surface area (Å²) < 4.78 is 1.71. The van der Waals surface area contributed by atoms with Gasteiger partial charge in [0.15, 0.2) is 0 Å². The van der Waals surface area contributed by atoms with Crippen LogP contribution in [0.3, 0.4) is 0 Å². The minimum atomic E-state index is 0.246. The van der Waals surface area contributed by atoms with E-state index in [1.54, 1.807) is 4.68 Å². The Labute approximate surface area is 147 Å². The second-order valence-corrected chi connectivity index (χ2v) is 6.23. The molecule has 0 atom stereocenters. The summed E-state index contributed by atoms with van der Waals surface area (Å²) >= 11 is 0. The summed E-state index contributed by atoms with van der Waals surface area (Å²) in [5.74, 6) is 0.518. The molecule has 0 saturated carbocycles. The predicted molar refractivity (Wildman–Crippen MR) is 101 cm³/mol. The first-order valence-electron chi connectivity index (χ1n) is 8.57. The maximum absolute atomic E-state index is 10.4. The standard InChI is InChI=1S/C22H20N2O/c25-22-20-13-7-8-14-21(20)23-24(22)16-15-19(17-9-3-1-4-10-17)18-11-5-2-6-12-18/h1-14,19,25H,15-16H2. The Balaban J connectivity index is 1.64. The Morgan fingerprint density at radius 1 is 0.760 bits per heavy atom. The van der Waals surface area contributed by atoms with Crippen molar-refractivity contribution in [3.05, 3.63) is 96.1 Å². The number of benzene rings is 3. The van der Waals surface area contributed by atoms with Crippen LogP contribution in [0.25, 0.3) is 10.9 Å². The number of fused-ring (bicyclic) bond motifs is 1. The Morgan fingerprint density at radius 2 is 1.32 bits per heavy atom. The molecule has 3 nitrogen and oxygen atoms in total. The summed E-state index contributed by atoms with van der Waals surface area (Å²) in [5.41, 5.74) is 3.39. The first kappa shape index (κ1) is 15.5. The van der Waals surface area contributed by atoms with Crippen molar-refractivity contribution in [2.75, 3.05) is 0 Å². The molecule has 0 aliphatic heterocycles. The summed E-state index contributed by atoms with van der Waals surface area (Å²) in [5, 5.41) is 15.8. The van der Waals surface area contributed by atoms with Crippen molar-refractivity contribution in [2.45, 2.75) is 18.9 Å². The molecule has 0 unspecified atom stereocenters. The molecule has 0 spiro atoms. The van der Waals surface area contributed by atoms with Crippen LogP contribution < -0.4 is 0 Å². The van der Waals surface area contributed by atoms with Gasteiger partial charge in [0.25, 0.3) is 0 Å². The molecule has 0 aliphatic rings. The molecule has 0 aliphatic carbocycles. The van der Waals surface area contributed by atoms with Gasteiger partial charge in [-0.05, 0) is 29.7 Å². The van der Waals surface area contributed by atoms with E-state index in [9.17, 15) is 5.11 Å². The molecule has 1 heterocycles. The van der Waals surface area contributed by atoms with E-state index in [-0.39, 0.29) is 11.8 Å². The molecule has 4 aromatic rings. The lowest BCUT2D eigenvalue weighted by molar-refractivity contribution is 0.395. The number of hydrogen-bond donors (Lipinski definition) is 1. The summed E-state index contributed by atoms with van der Waals surface area (Å²) in [6, 6.07) is 28.7. The fourth-order valence-electron chi connectivity index (χ4n) is 3.37. The topological polar surface area (TPSA) is 38.1 Å². The van der Waals surface area contributed by atoms with Crippen LogP contribution in [0, 0.1) is 0 Å². The molecule has 0 bridgehead atoms. The second kappa shape index (κ2) is 6.81. The fraction of sp³-hybridized carbons (Fsp3) is 0.136. The van der Waals surface area contributed by atoms with Gasteiger partial charge in [-0.2, -0.15) is 5.10 Å². The molecule has 3 heteroatoms. The molecule has 0 radical (unpaired) electrons. The van der Waals surface area contributed by atoms with Crippen LogP contribution in [0.2, 0.25) is 0 Å². The van der Waals surface area contributed by atoms with Gasteiger partial charge in [-0.25, -0.2) is 4.68 Å². The first-order valence-corrected chi connectivity index (χ1v) is 8.57. The molecule has 1 N–H and O–H groups in total. The number of hydrogen-bond acceptors (Lipinski definition) is 2. The summed E-state index contributed by atoms with van der Waals surface area (Å²) in [4.78, 5) is 0. The number of aryl methyl sites for hydroxylation is 1. The van der Waals surface area contributed by atoms with E-state index in [0.717, 1.165) is 17.3 Å². The Bertz CT molecular complexity index is 922. The van der Waals surface area contributed by atoms with Crippen LogP contribution >= 0.6 is 0 Å². The van der Waals surface area contributed by atoms with E-state index in [4.69, 9.17) is 0 Å². The van der Waals surface area contributed by atoms with E-state index in [0.29, 0.717) is 6.54 Å². The van der Waals surface area contributed by atoms with Gasteiger partial charge in [-0.15, -0.1) is 0 Å². The zero-order valence-electron chi connectivity index (χ0n) is 13.9. The van der Waals surface area contributed by atoms with Crippen LogP contribution in [-0.4, -0.2) is 14.9 Å². The molecule has 0 saturated heterocycles. The van der Waals surface area contributed by atoms with Crippen molar-refractivity contribution < 1.29 is 5.11 Å². The predicted octanol–water partition coefficient (Wildman–Crippen LogP) is 4.96. The van der Waals surface area contributed by atoms with Crippen molar-refractivity contribution in [2.24, 2.45) is 0 Å². The highest BCUT2D eigenvalue weighted by atomic mass is 16.3. The van der Waals surface area contributed by atoms with Crippen molar-refractivity contribution in [3.8, 4) is 5.88 Å². The Morgan fingerprint density at radius 3 is 1.92 bits per heavy atom. The maximum Gasteiger partial charge on any atom is 0.217 e. The monoisotopic (exact) mass is 328 g/mol. The van der Waals surface area contributed by atoms with Crippen LogP contribution in [-0.2, 0) is 6.54 Å². The number of aromatic hydroxyl groups is 1. The van der Waals surface area contributed by atoms with E-state index >= 15 is 0 Å². The minimum absolute atomic E-state index is 0.246. The third kappa shape index (κ3) is 3.13. The van der Waals surface area contributed by atoms with E-state index in [1.807, 2.05) is 36.4 Å². The highest BCUT2D eigenvalue weighted by molar-refractivity contribution is 5.83. The molecule has 3 aromatic carbocycles. The van der Waals surface area contributed by atoms with Crippen LogP contribution in [0.5, 0.6) is 5.88 Å². The van der Waals surface area contributed by atoms with Crippen LogP contribution in [0.4, 0.5) is 0 Å². The number of aromatic nitrogens is 2. The fourth-order valence-corrected chi connectivity index (χ4v) is 3.37. The van der Waals surface area contributed by atoms with E-state index < -0.39 is 0 Å². The molecule has 25 heavy (non-hydrogen) atoms. The average Bonchev–Trinajstić information content (AvgIpc) is 3.00. The zero-order valence-corrected chi connectivity index (χ0v) is 13.9. The molecule has 0 fully saturated rings. The summed E-state index contributed by atoms with van der Waals surface area (Å²) in [7, 11) is 0. The number of nitrogens with zero attached hydrogens (tertiary/aromatic N) is 2. The molecule has 1 aromatic heterocycles. The van der Waals surface area contributed by atoms with Gasteiger partial charge < -0.3 is 5.11 Å². The van der Waals surface area contributed by atoms with E-state index in [2.05, 4.69) is 53.6 Å². The van der Waals surface area contributed by atoms with Crippen molar-refractivity contribution in [1.82, 2.24) is 9.78 Å². The van der Waals surface area contributed by atoms with Crippen LogP contribution in [0.15, 0.2) is 84.9 Å². The number of rotatable bonds is 5. The van der Waals surface area contributed by atoms with Crippen molar-refractivity contribution >= 4 is 10.9 Å². The lowest BCUT2D eigenvalue weighted by atomic mass is 9.88. The molecular weight excluding hydrogens is 308 g/mol. The lowest BCUT2D eigenvalue weighted by Gasteiger charge is -2.18. The quantitative estimate of drug-likeness (QED) is 0.562. The molecule has 0 amide bonds. The SMILES string of the molecule is Oc1c2ccccc2nn1CCC(c1ccccc1)c1ccccc1. The van der Waals surface area contributed by atoms with Gasteiger partial charge in [-0.3, -0.25) is 0 Å². The highest BCUT2D eigenvalue weighted by Crippen LogP contribution is 2.30. The third-order valence-corrected chi connectivity index (χ3v) is 4.65. The second-order valence-electron chi connectivity index (χ2n) is 6.23. The zero-order chi connectivity index (χ0) is 17.1. The molecule has 124 valence electrons. The van der Waals surface area contributed by atoms with Gasteiger partial charge >= 0.3 is 0 Å². The molecule has 4 rings (SSSR count). The first-order chi connectivity index (χ1) is 12.3. The smallest absolute Gasteiger partial charge is 0.217 e. The van der Waals surface area contributed by atoms with Gasteiger partial charge in [0, 0.05) is 12.5 Å². The highest BCUT2D eigenvalue weighted by Gasteiger charge is 2.16. The minimum Gasteiger partial charge on any atom is -0.493 e. The van der Waals surface area contributed by atoms with Crippen LogP contribution in [0.1, 0.15) is 23.5 Å². The Kier molecular flexibility index (Phi) is 4.21. The van der Waals surface area contributed by atoms with Gasteiger partial charge in [0.1, 0.15) is 0 Å². The van der Waals surface area contributed by atoms with Crippen molar-refractivity contribution in [1.29, 1.82) is 0 Å². The Hall–Kier alpha value is -3.07. The normalized spacial score (nSPS) is 11.2. The van der Waals surface area contributed by atoms with Gasteiger partial charge in [0.05, 0.1) is 10.9 Å². The summed E-state index contributed by atoms with van der Waals surface area (Å²) in [6.07, 6.45) is 0.871. The maximum atomic E-state index is 10.4. The van der Waals surface area contributed by atoms with Gasteiger partial charge in [-0.1, -0.05) is 72.8 Å². The van der Waals surface area contributed by atoms with Gasteiger partial charge in [0.2, 0.25) is 5.88 Å². The van der Waals surface area contributed by atoms with Crippen molar-refractivity contribution in [3.63, 3.8) is 0 Å². The third-order valence-electron chi connectivity index (χ3n) is 4.65. The molecular formula is C22H20N2O.